The SMILES string of the molecule is CN(C)C(C(O)P(=O)(O)O)P(=O)(O)O. The quantitative estimate of drug-likeness (QED) is 0.381. The van der Waals surface area contributed by atoms with Gasteiger partial charge in [-0.1, -0.05) is 0 Å². The molecule has 0 aromatic rings. The fourth-order valence-electron chi connectivity index (χ4n) is 0.915. The summed E-state index contributed by atoms with van der Waals surface area (Å²) >= 11 is 0. The highest BCUT2D eigenvalue weighted by Crippen LogP contribution is 2.53. The fourth-order valence-corrected chi connectivity index (χ4v) is 3.52. The van der Waals surface area contributed by atoms with Crippen LogP contribution < -0.4 is 0 Å². The van der Waals surface area contributed by atoms with Gasteiger partial charge in [0.15, 0.2) is 5.85 Å². The predicted octanol–water partition coefficient (Wildman–Crippen LogP) is -1.45. The first-order valence-electron chi connectivity index (χ1n) is 3.43. The van der Waals surface area contributed by atoms with Gasteiger partial charge in [0, 0.05) is 0 Å². The molecule has 10 heteroatoms. The monoisotopic (exact) mass is 249 g/mol. The van der Waals surface area contributed by atoms with E-state index in [1.54, 1.807) is 0 Å². The van der Waals surface area contributed by atoms with Crippen molar-refractivity contribution < 1.29 is 33.8 Å². The Bertz CT molecular complexity index is 279. The van der Waals surface area contributed by atoms with Crippen molar-refractivity contribution in [3.05, 3.63) is 0 Å². The number of hydrogen-bond donors (Lipinski definition) is 5. The molecule has 0 rings (SSSR count). The molecular formula is C4H13NO7P2. The van der Waals surface area contributed by atoms with Crippen molar-refractivity contribution in [1.29, 1.82) is 0 Å². The Balaban J connectivity index is 5.06. The van der Waals surface area contributed by atoms with Crippen LogP contribution in [0, 0.1) is 0 Å². The third kappa shape index (κ3) is 3.76. The zero-order chi connectivity index (χ0) is 11.7. The van der Waals surface area contributed by atoms with Crippen LogP contribution in [-0.4, -0.2) is 55.3 Å². The Kier molecular flexibility index (Phi) is 4.45. The lowest BCUT2D eigenvalue weighted by Crippen LogP contribution is -2.38. The molecule has 0 heterocycles. The molecule has 8 nitrogen and oxygen atoms in total. The molecule has 0 spiro atoms. The average molecular weight is 249 g/mol. The first-order chi connectivity index (χ1) is 5.98. The highest BCUT2D eigenvalue weighted by molar-refractivity contribution is 7.57. The molecule has 0 aliphatic rings. The zero-order valence-corrected chi connectivity index (χ0v) is 9.34. The second-order valence-corrected chi connectivity index (χ2v) is 6.38. The van der Waals surface area contributed by atoms with E-state index in [0.29, 0.717) is 0 Å². The van der Waals surface area contributed by atoms with Gasteiger partial charge in [-0.25, -0.2) is 0 Å². The Hall–Kier alpha value is 0.220. The first kappa shape index (κ1) is 14.2. The summed E-state index contributed by atoms with van der Waals surface area (Å²) in [5, 5.41) is 9.05. The van der Waals surface area contributed by atoms with Crippen LogP contribution in [0.3, 0.4) is 0 Å². The summed E-state index contributed by atoms with van der Waals surface area (Å²) in [6.07, 6.45) is 0. The number of rotatable bonds is 4. The van der Waals surface area contributed by atoms with Gasteiger partial charge < -0.3 is 24.7 Å². The molecule has 0 amide bonds. The Labute approximate surface area is 80.5 Å². The molecular weight excluding hydrogens is 236 g/mol. The van der Waals surface area contributed by atoms with Gasteiger partial charge in [0.2, 0.25) is 0 Å². The van der Waals surface area contributed by atoms with Crippen LogP contribution in [0.1, 0.15) is 0 Å². The molecule has 0 saturated carbocycles. The van der Waals surface area contributed by atoms with Gasteiger partial charge in [0.1, 0.15) is 5.78 Å². The molecule has 0 aliphatic heterocycles. The summed E-state index contributed by atoms with van der Waals surface area (Å²) in [6, 6.07) is 0. The summed E-state index contributed by atoms with van der Waals surface area (Å²) in [5.41, 5.74) is 0. The largest absolute Gasteiger partial charge is 0.379 e. The molecule has 0 bridgehead atoms. The molecule has 0 aromatic heterocycles. The van der Waals surface area contributed by atoms with Crippen LogP contribution in [0.4, 0.5) is 0 Å². The van der Waals surface area contributed by atoms with Crippen LogP contribution >= 0.6 is 15.2 Å². The smallest absolute Gasteiger partial charge is 0.356 e. The predicted molar refractivity (Wildman–Crippen MR) is 47.6 cm³/mol. The summed E-state index contributed by atoms with van der Waals surface area (Å²) in [5.74, 6) is -4.32. The second kappa shape index (κ2) is 4.38. The van der Waals surface area contributed by atoms with E-state index in [1.165, 1.54) is 14.1 Å². The molecule has 86 valence electrons. The number of likely N-dealkylation sites (N-methyl/N-ethyl adjacent to an activating group) is 1. The standard InChI is InChI=1S/C4H13NO7P2/c1-5(2)3(13(7,8)9)4(6)14(10,11)12/h3-4,6H,1-2H3,(H2,7,8,9)(H2,10,11,12). The van der Waals surface area contributed by atoms with Crippen molar-refractivity contribution in [3.63, 3.8) is 0 Å². The Morgan fingerprint density at radius 1 is 1.00 bits per heavy atom. The molecule has 0 saturated heterocycles. The summed E-state index contributed by atoms with van der Waals surface area (Å²) in [7, 11) is -7.35. The van der Waals surface area contributed by atoms with E-state index in [4.69, 9.17) is 24.7 Å². The van der Waals surface area contributed by atoms with E-state index in [9.17, 15) is 9.13 Å². The summed E-state index contributed by atoms with van der Waals surface area (Å²) in [4.78, 5) is 35.5. The second-order valence-electron chi connectivity index (χ2n) is 2.97. The minimum Gasteiger partial charge on any atom is -0.379 e. The fraction of sp³-hybridized carbons (Fsp3) is 1.00. The Morgan fingerprint density at radius 2 is 1.36 bits per heavy atom. The minimum absolute atomic E-state index is 0.866. The van der Waals surface area contributed by atoms with E-state index < -0.39 is 26.8 Å². The maximum atomic E-state index is 10.8. The first-order valence-corrected chi connectivity index (χ1v) is 6.79. The summed E-state index contributed by atoms with van der Waals surface area (Å²) in [6.45, 7) is 0. The van der Waals surface area contributed by atoms with Crippen LogP contribution in [0.2, 0.25) is 0 Å². The average Bonchev–Trinajstić information content (AvgIpc) is 1.79. The highest BCUT2D eigenvalue weighted by Gasteiger charge is 2.45. The van der Waals surface area contributed by atoms with E-state index in [0.717, 1.165) is 4.90 Å². The van der Waals surface area contributed by atoms with Gasteiger partial charge in [-0.05, 0) is 14.1 Å². The number of aliphatic hydroxyl groups excluding tert-OH is 1. The van der Waals surface area contributed by atoms with Crippen molar-refractivity contribution in [1.82, 2.24) is 4.90 Å². The maximum absolute atomic E-state index is 10.8. The van der Waals surface area contributed by atoms with Crippen molar-refractivity contribution in [2.24, 2.45) is 0 Å². The van der Waals surface area contributed by atoms with Crippen molar-refractivity contribution in [3.8, 4) is 0 Å². The zero-order valence-electron chi connectivity index (χ0n) is 7.55. The van der Waals surface area contributed by atoms with Gasteiger partial charge >= 0.3 is 15.2 Å². The van der Waals surface area contributed by atoms with E-state index in [2.05, 4.69) is 0 Å². The molecule has 2 unspecified atom stereocenters. The van der Waals surface area contributed by atoms with Gasteiger partial charge in [0.05, 0.1) is 0 Å². The van der Waals surface area contributed by atoms with Crippen molar-refractivity contribution in [2.45, 2.75) is 11.6 Å². The lowest BCUT2D eigenvalue weighted by Gasteiger charge is -2.29. The maximum Gasteiger partial charge on any atom is 0.356 e. The van der Waals surface area contributed by atoms with Crippen LogP contribution in [0.5, 0.6) is 0 Å². The topological polar surface area (TPSA) is 139 Å². The van der Waals surface area contributed by atoms with E-state index in [-0.39, 0.29) is 0 Å². The minimum atomic E-state index is -4.94. The molecule has 0 radical (unpaired) electrons. The third-order valence-corrected chi connectivity index (χ3v) is 4.13. The van der Waals surface area contributed by atoms with Gasteiger partial charge in [-0.15, -0.1) is 0 Å². The molecule has 0 aromatic carbocycles. The van der Waals surface area contributed by atoms with Crippen LogP contribution in [0.15, 0.2) is 0 Å². The van der Waals surface area contributed by atoms with E-state index >= 15 is 0 Å². The Morgan fingerprint density at radius 3 is 1.43 bits per heavy atom. The number of aliphatic hydroxyl groups is 1. The molecule has 5 N–H and O–H groups in total. The van der Waals surface area contributed by atoms with Crippen LogP contribution in [0.25, 0.3) is 0 Å². The molecule has 2 atom stereocenters. The molecule has 0 fully saturated rings. The molecule has 0 aliphatic carbocycles. The normalized spacial score (nSPS) is 18.3. The number of nitrogens with zero attached hydrogens (tertiary/aromatic N) is 1. The van der Waals surface area contributed by atoms with Crippen molar-refractivity contribution >= 4 is 15.2 Å². The lowest BCUT2D eigenvalue weighted by molar-refractivity contribution is 0.131. The van der Waals surface area contributed by atoms with Crippen molar-refractivity contribution in [2.75, 3.05) is 14.1 Å². The van der Waals surface area contributed by atoms with E-state index in [1.807, 2.05) is 0 Å². The molecule has 14 heavy (non-hydrogen) atoms. The summed E-state index contributed by atoms with van der Waals surface area (Å²) < 4.78 is 21.4. The van der Waals surface area contributed by atoms with Gasteiger partial charge in [0.25, 0.3) is 0 Å². The lowest BCUT2D eigenvalue weighted by atomic mass is 10.6. The van der Waals surface area contributed by atoms with Gasteiger partial charge in [-0.3, -0.25) is 14.0 Å². The highest BCUT2D eigenvalue weighted by atomic mass is 31.2. The van der Waals surface area contributed by atoms with Crippen LogP contribution in [-0.2, 0) is 9.13 Å². The number of hydrogen-bond acceptors (Lipinski definition) is 4. The van der Waals surface area contributed by atoms with Gasteiger partial charge in [-0.2, -0.15) is 0 Å². The third-order valence-electron chi connectivity index (χ3n) is 1.48.